The lowest BCUT2D eigenvalue weighted by Gasteiger charge is -2.24. The summed E-state index contributed by atoms with van der Waals surface area (Å²) < 4.78 is 23.3. The summed E-state index contributed by atoms with van der Waals surface area (Å²) in [6.45, 7) is 2.16. The first-order valence-electron chi connectivity index (χ1n) is 8.22. The van der Waals surface area contributed by atoms with E-state index in [-0.39, 0.29) is 22.7 Å². The number of ether oxygens (including phenoxy) is 2. The number of anilines is 1. The van der Waals surface area contributed by atoms with Crippen LogP contribution in [0.4, 0.5) is 15.8 Å². The molecule has 0 saturated carbocycles. The number of hydrogen-bond acceptors (Lipinski definition) is 7. The highest BCUT2D eigenvalue weighted by molar-refractivity contribution is 5.94. The molecule has 2 rings (SSSR count). The highest BCUT2D eigenvalue weighted by Crippen LogP contribution is 2.22. The van der Waals surface area contributed by atoms with Gasteiger partial charge in [-0.2, -0.15) is 5.26 Å². The number of halogens is 1. The second-order valence-corrected chi connectivity index (χ2v) is 6.29. The van der Waals surface area contributed by atoms with Crippen LogP contribution in [0, 0.1) is 27.3 Å². The number of benzene rings is 2. The zero-order valence-electron chi connectivity index (χ0n) is 15.5. The molecule has 0 fully saturated rings. The third kappa shape index (κ3) is 5.74. The second kappa shape index (κ2) is 8.79. The average molecular weight is 401 g/mol. The van der Waals surface area contributed by atoms with Crippen LogP contribution >= 0.6 is 0 Å². The molecule has 0 aliphatic rings. The minimum atomic E-state index is -1.46. The second-order valence-electron chi connectivity index (χ2n) is 6.29. The number of carbonyl (C=O) groups is 2. The highest BCUT2D eigenvalue weighted by Gasteiger charge is 2.32. The number of non-ortho nitro benzene ring substituents is 1. The molecule has 2 aromatic carbocycles. The van der Waals surface area contributed by atoms with E-state index < -0.39 is 34.8 Å². The summed E-state index contributed by atoms with van der Waals surface area (Å²) in [5.74, 6) is -1.82. The number of nitrogens with zero attached hydrogens (tertiary/aromatic N) is 2. The molecule has 0 saturated heterocycles. The van der Waals surface area contributed by atoms with Crippen LogP contribution in [0.15, 0.2) is 42.5 Å². The van der Waals surface area contributed by atoms with E-state index in [2.05, 4.69) is 5.32 Å². The third-order valence-electron chi connectivity index (χ3n) is 3.62. The fourth-order valence-electron chi connectivity index (χ4n) is 2.18. The molecule has 0 aromatic heterocycles. The number of amides is 1. The molecule has 0 aliphatic carbocycles. The topological polar surface area (TPSA) is 132 Å². The maximum atomic E-state index is 12.9. The quantitative estimate of drug-likeness (QED) is 0.428. The van der Waals surface area contributed by atoms with E-state index in [1.165, 1.54) is 44.2 Å². The van der Waals surface area contributed by atoms with E-state index in [9.17, 15) is 24.1 Å². The Labute approximate surface area is 164 Å². The number of carbonyl (C=O) groups excluding carboxylic acids is 2. The SMILES string of the molecule is CC(C)(Oc1ccc(F)cc1)C(=O)OCC(=O)Nc1ccc([N+](=O)[O-])cc1C#N. The van der Waals surface area contributed by atoms with Crippen molar-refractivity contribution in [2.75, 3.05) is 11.9 Å². The number of nitro benzene ring substituents is 1. The predicted octanol–water partition coefficient (Wildman–Crippen LogP) is 2.94. The molecule has 0 aliphatic heterocycles. The predicted molar refractivity (Wildman–Crippen MR) is 98.5 cm³/mol. The van der Waals surface area contributed by atoms with Gasteiger partial charge >= 0.3 is 5.97 Å². The number of nitro groups is 1. The summed E-state index contributed by atoms with van der Waals surface area (Å²) in [7, 11) is 0. The molecule has 1 amide bonds. The van der Waals surface area contributed by atoms with Crippen molar-refractivity contribution in [2.45, 2.75) is 19.4 Å². The Bertz CT molecular complexity index is 982. The van der Waals surface area contributed by atoms with Gasteiger partial charge in [0.05, 0.1) is 16.2 Å². The lowest BCUT2D eigenvalue weighted by molar-refractivity contribution is -0.384. The van der Waals surface area contributed by atoms with Crippen molar-refractivity contribution in [3.63, 3.8) is 0 Å². The van der Waals surface area contributed by atoms with E-state index in [4.69, 9.17) is 14.7 Å². The average Bonchev–Trinajstić information content (AvgIpc) is 2.67. The van der Waals surface area contributed by atoms with E-state index in [0.717, 1.165) is 12.1 Å². The molecular formula is C19H16FN3O6. The van der Waals surface area contributed by atoms with Crippen LogP contribution in [0.3, 0.4) is 0 Å². The van der Waals surface area contributed by atoms with Crippen LogP contribution in [-0.4, -0.2) is 29.0 Å². The minimum Gasteiger partial charge on any atom is -0.476 e. The number of nitriles is 1. The van der Waals surface area contributed by atoms with Crippen molar-refractivity contribution >= 4 is 23.3 Å². The van der Waals surface area contributed by atoms with Crippen molar-refractivity contribution in [1.29, 1.82) is 5.26 Å². The van der Waals surface area contributed by atoms with E-state index in [1.807, 2.05) is 0 Å². The van der Waals surface area contributed by atoms with Crippen molar-refractivity contribution in [3.05, 3.63) is 64.0 Å². The van der Waals surface area contributed by atoms with Crippen molar-refractivity contribution in [1.82, 2.24) is 0 Å². The van der Waals surface area contributed by atoms with Crippen LogP contribution in [0.1, 0.15) is 19.4 Å². The smallest absolute Gasteiger partial charge is 0.350 e. The number of esters is 1. The number of hydrogen-bond donors (Lipinski definition) is 1. The van der Waals surface area contributed by atoms with Gasteiger partial charge in [0.1, 0.15) is 17.6 Å². The summed E-state index contributed by atoms with van der Waals surface area (Å²) in [6.07, 6.45) is 0. The van der Waals surface area contributed by atoms with Gasteiger partial charge in [-0.15, -0.1) is 0 Å². The summed E-state index contributed by atoms with van der Waals surface area (Å²) in [6, 6.07) is 10.1. The van der Waals surface area contributed by atoms with Gasteiger partial charge in [-0.25, -0.2) is 9.18 Å². The lowest BCUT2D eigenvalue weighted by Crippen LogP contribution is -2.41. The van der Waals surface area contributed by atoms with Crippen LogP contribution < -0.4 is 10.1 Å². The Balaban J connectivity index is 1.96. The fourth-order valence-corrected chi connectivity index (χ4v) is 2.18. The van der Waals surface area contributed by atoms with Gasteiger partial charge in [0.2, 0.25) is 0 Å². The summed E-state index contributed by atoms with van der Waals surface area (Å²) in [4.78, 5) is 34.3. The Morgan fingerprint density at radius 2 is 1.90 bits per heavy atom. The lowest BCUT2D eigenvalue weighted by atomic mass is 10.1. The molecule has 0 unspecified atom stereocenters. The molecule has 0 radical (unpaired) electrons. The Morgan fingerprint density at radius 1 is 1.24 bits per heavy atom. The maximum Gasteiger partial charge on any atom is 0.350 e. The number of rotatable bonds is 7. The Hall–Kier alpha value is -4.00. The van der Waals surface area contributed by atoms with Gasteiger partial charge in [-0.05, 0) is 44.2 Å². The fraction of sp³-hybridized carbons (Fsp3) is 0.211. The highest BCUT2D eigenvalue weighted by atomic mass is 19.1. The summed E-state index contributed by atoms with van der Waals surface area (Å²) in [5, 5.41) is 22.2. The summed E-state index contributed by atoms with van der Waals surface area (Å²) >= 11 is 0. The van der Waals surface area contributed by atoms with Gasteiger partial charge < -0.3 is 14.8 Å². The normalized spacial score (nSPS) is 10.6. The third-order valence-corrected chi connectivity index (χ3v) is 3.62. The molecular weight excluding hydrogens is 385 g/mol. The Kier molecular flexibility index (Phi) is 6.46. The van der Waals surface area contributed by atoms with Crippen molar-refractivity contribution in [3.8, 4) is 11.8 Å². The van der Waals surface area contributed by atoms with Gasteiger partial charge in [0.15, 0.2) is 12.2 Å². The van der Waals surface area contributed by atoms with E-state index in [0.29, 0.717) is 0 Å². The van der Waals surface area contributed by atoms with E-state index in [1.54, 1.807) is 6.07 Å². The van der Waals surface area contributed by atoms with Gasteiger partial charge in [-0.3, -0.25) is 14.9 Å². The van der Waals surface area contributed by atoms with Gasteiger partial charge in [-0.1, -0.05) is 0 Å². The number of nitrogens with one attached hydrogen (secondary N) is 1. The molecule has 0 spiro atoms. The zero-order chi connectivity index (χ0) is 21.6. The van der Waals surface area contributed by atoms with Crippen LogP contribution in [0.25, 0.3) is 0 Å². The molecule has 2 aromatic rings. The summed E-state index contributed by atoms with van der Waals surface area (Å²) in [5.41, 5.74) is -1.82. The monoisotopic (exact) mass is 401 g/mol. The first-order chi connectivity index (χ1) is 13.6. The molecule has 0 heterocycles. The van der Waals surface area contributed by atoms with E-state index >= 15 is 0 Å². The molecule has 0 bridgehead atoms. The van der Waals surface area contributed by atoms with Crippen LogP contribution in [-0.2, 0) is 14.3 Å². The first kappa shape index (κ1) is 21.3. The molecule has 1 N–H and O–H groups in total. The Morgan fingerprint density at radius 3 is 2.48 bits per heavy atom. The van der Waals surface area contributed by atoms with Gasteiger partial charge in [0, 0.05) is 12.1 Å². The molecule has 0 atom stereocenters. The minimum absolute atomic E-state index is 0.0426. The molecule has 9 nitrogen and oxygen atoms in total. The van der Waals surface area contributed by atoms with Gasteiger partial charge in [0.25, 0.3) is 11.6 Å². The van der Waals surface area contributed by atoms with Crippen LogP contribution in [0.2, 0.25) is 0 Å². The molecule has 150 valence electrons. The molecule has 10 heteroatoms. The van der Waals surface area contributed by atoms with Crippen LogP contribution in [0.5, 0.6) is 5.75 Å². The van der Waals surface area contributed by atoms with Crippen molar-refractivity contribution in [2.24, 2.45) is 0 Å². The standard InChI is InChI=1S/C19H16FN3O6/c1-19(2,29-15-6-3-13(20)4-7-15)18(25)28-11-17(24)22-16-8-5-14(23(26)27)9-12(16)10-21/h3-9H,11H2,1-2H3,(H,22,24). The first-order valence-corrected chi connectivity index (χ1v) is 8.22. The largest absolute Gasteiger partial charge is 0.476 e. The van der Waals surface area contributed by atoms with Crippen molar-refractivity contribution < 1.29 is 28.4 Å². The maximum absolute atomic E-state index is 12.9. The molecule has 29 heavy (non-hydrogen) atoms. The zero-order valence-corrected chi connectivity index (χ0v) is 15.5.